The minimum atomic E-state index is 0. The average Bonchev–Trinajstić information content (AvgIpc) is 2.64. The maximum absolute atomic E-state index is 4.25. The summed E-state index contributed by atoms with van der Waals surface area (Å²) >= 11 is 1.16. The van der Waals surface area contributed by atoms with E-state index in [0.717, 1.165) is 39.1 Å². The van der Waals surface area contributed by atoms with Crippen LogP contribution in [0.5, 0.6) is 0 Å². The molecule has 0 unspecified atom stereocenters. The summed E-state index contributed by atoms with van der Waals surface area (Å²) in [5, 5.41) is 0. The van der Waals surface area contributed by atoms with E-state index in [1.165, 1.54) is 64.2 Å². The first-order chi connectivity index (χ1) is 11.0. The smallest absolute Gasteiger partial charge is 0.0465 e. The fourth-order valence-electron chi connectivity index (χ4n) is 2.88. The minimum absolute atomic E-state index is 0. The van der Waals surface area contributed by atoms with Crippen molar-refractivity contribution in [3.05, 3.63) is 20.3 Å². The molecule has 0 bridgehead atoms. The van der Waals surface area contributed by atoms with Crippen molar-refractivity contribution in [3.63, 3.8) is 0 Å². The van der Waals surface area contributed by atoms with Gasteiger partial charge in [-0.25, -0.2) is 0 Å². The second kappa shape index (κ2) is 17.0. The van der Waals surface area contributed by atoms with Crippen LogP contribution in [0.15, 0.2) is 3.34 Å². The molecule has 2 aliphatic carbocycles. The summed E-state index contributed by atoms with van der Waals surface area (Å²) in [6, 6.07) is 0. The Morgan fingerprint density at radius 2 is 1.17 bits per heavy atom. The molecule has 0 amide bonds. The molecule has 0 aromatic heterocycles. The summed E-state index contributed by atoms with van der Waals surface area (Å²) in [7, 11) is 0. The van der Waals surface area contributed by atoms with E-state index in [-0.39, 0.29) is 13.0 Å². The molecule has 24 heavy (non-hydrogen) atoms. The van der Waals surface area contributed by atoms with E-state index < -0.39 is 0 Å². The summed E-state index contributed by atoms with van der Waals surface area (Å²) in [6.07, 6.45) is 20.1. The van der Waals surface area contributed by atoms with Gasteiger partial charge in [0.25, 0.3) is 0 Å². The molecule has 2 saturated carbocycles. The van der Waals surface area contributed by atoms with Crippen LogP contribution in [0.2, 0.25) is 0 Å². The maximum Gasteiger partial charge on any atom is -0.0465 e. The van der Waals surface area contributed by atoms with Crippen molar-refractivity contribution in [2.45, 2.75) is 111 Å². The van der Waals surface area contributed by atoms with Gasteiger partial charge < -0.3 is 20.3 Å². The largest absolute Gasteiger partial charge is 0.358 e. The Kier molecular flexibility index (Phi) is 18.9. The van der Waals surface area contributed by atoms with Gasteiger partial charge in [-0.15, -0.1) is 0 Å². The van der Waals surface area contributed by atoms with Gasteiger partial charge in [-0.3, -0.25) is 0 Å². The van der Waals surface area contributed by atoms with Crippen LogP contribution in [0, 0.1) is 32.1 Å². The van der Waals surface area contributed by atoms with Crippen LogP contribution >= 0.6 is 0 Å². The van der Waals surface area contributed by atoms with Crippen molar-refractivity contribution >= 4 is 0 Å². The predicted molar refractivity (Wildman–Crippen MR) is 106 cm³/mol. The van der Waals surface area contributed by atoms with Crippen molar-refractivity contribution in [2.75, 3.05) is 0 Å². The first-order valence-electron chi connectivity index (χ1n) is 9.98. The Balaban J connectivity index is 0. The molecule has 2 rings (SSSR count). The third-order valence-corrected chi connectivity index (χ3v) is 7.35. The van der Waals surface area contributed by atoms with E-state index in [0.29, 0.717) is 0 Å². The SMILES string of the molecule is CCC(C)(C)[N]=[Ta].CCC1CC[CH-]CC1.CCC1CC[CH-]CC1.[CH3-]. The van der Waals surface area contributed by atoms with Crippen LogP contribution in [-0.2, 0) is 20.9 Å². The topological polar surface area (TPSA) is 12.4 Å². The third kappa shape index (κ3) is 14.8. The number of rotatable bonds is 4. The molecule has 0 atom stereocenters. The Morgan fingerprint density at radius 1 is 0.833 bits per heavy atom. The monoisotopic (exact) mass is 503 g/mol. The maximum atomic E-state index is 4.25. The molecular formula is C22H44NTa-3. The van der Waals surface area contributed by atoms with Gasteiger partial charge in [-0.1, -0.05) is 52.4 Å². The standard InChI is InChI=1S/2C8H15.C5H11N.CH3.Ta/c2*1-2-8-6-4-3-5-7-8;1-4-5(2,3)6;;/h2*3,8H,2,4-7H2,1H3;4H2,1-3H3;1H3;/q2*-1;;-1;. The summed E-state index contributed by atoms with van der Waals surface area (Å²) < 4.78 is 4.25. The molecule has 0 radical (unpaired) electrons. The van der Waals surface area contributed by atoms with Gasteiger partial charge in [-0.05, 0) is 11.8 Å². The van der Waals surface area contributed by atoms with Crippen molar-refractivity contribution < 1.29 is 20.9 Å². The van der Waals surface area contributed by atoms with Crippen LogP contribution in [0.25, 0.3) is 0 Å². The molecule has 0 spiro atoms. The Bertz CT molecular complexity index is 245. The van der Waals surface area contributed by atoms with Crippen LogP contribution in [0.1, 0.15) is 105 Å². The van der Waals surface area contributed by atoms with E-state index in [2.05, 4.69) is 50.8 Å². The molecule has 0 N–H and O–H groups in total. The van der Waals surface area contributed by atoms with Crippen molar-refractivity contribution in [1.82, 2.24) is 0 Å². The van der Waals surface area contributed by atoms with Crippen LogP contribution in [-0.4, -0.2) is 5.54 Å². The third-order valence-electron chi connectivity index (χ3n) is 5.41. The van der Waals surface area contributed by atoms with Crippen LogP contribution in [0.4, 0.5) is 0 Å². The van der Waals surface area contributed by atoms with Crippen LogP contribution < -0.4 is 0 Å². The van der Waals surface area contributed by atoms with E-state index in [1.807, 2.05) is 0 Å². The molecular weight excluding hydrogens is 459 g/mol. The average molecular weight is 504 g/mol. The first-order valence-corrected chi connectivity index (χ1v) is 11.4. The van der Waals surface area contributed by atoms with Crippen molar-refractivity contribution in [1.29, 1.82) is 0 Å². The molecule has 145 valence electrons. The zero-order chi connectivity index (χ0) is 17.6. The fourth-order valence-corrected chi connectivity index (χ4v) is 3.39. The summed E-state index contributed by atoms with van der Waals surface area (Å²) in [5.41, 5.74) is 0.258. The number of nitrogens with zero attached hydrogens (tertiary/aromatic N) is 1. The van der Waals surface area contributed by atoms with Gasteiger partial charge in [0.2, 0.25) is 0 Å². The van der Waals surface area contributed by atoms with E-state index >= 15 is 0 Å². The molecule has 0 heterocycles. The van der Waals surface area contributed by atoms with Gasteiger partial charge >= 0.3 is 57.0 Å². The molecule has 2 aliphatic rings. The molecule has 1 nitrogen and oxygen atoms in total. The minimum Gasteiger partial charge on any atom is -0.358 e. The molecule has 0 saturated heterocycles. The first kappa shape index (κ1) is 26.8. The van der Waals surface area contributed by atoms with Gasteiger partial charge in [0.15, 0.2) is 0 Å². The van der Waals surface area contributed by atoms with Crippen molar-refractivity contribution in [2.24, 2.45) is 15.2 Å². The molecule has 0 aromatic carbocycles. The second-order valence-corrected chi connectivity index (χ2v) is 8.42. The number of hydrogen-bond acceptors (Lipinski definition) is 1. The Morgan fingerprint density at radius 3 is 1.29 bits per heavy atom. The molecule has 0 aliphatic heterocycles. The summed E-state index contributed by atoms with van der Waals surface area (Å²) in [4.78, 5) is 0. The van der Waals surface area contributed by atoms with Gasteiger partial charge in [0.05, 0.1) is 0 Å². The van der Waals surface area contributed by atoms with E-state index in [4.69, 9.17) is 0 Å². The normalized spacial score (nSPS) is 19.0. The molecule has 2 heteroatoms. The van der Waals surface area contributed by atoms with Crippen LogP contribution in [0.3, 0.4) is 0 Å². The van der Waals surface area contributed by atoms with Crippen molar-refractivity contribution in [3.8, 4) is 0 Å². The van der Waals surface area contributed by atoms with E-state index in [9.17, 15) is 0 Å². The summed E-state index contributed by atoms with van der Waals surface area (Å²) in [6.45, 7) is 11.1. The van der Waals surface area contributed by atoms with Gasteiger partial charge in [-0.2, -0.15) is 25.7 Å². The summed E-state index contributed by atoms with van der Waals surface area (Å²) in [5.74, 6) is 2.11. The molecule has 0 aromatic rings. The quantitative estimate of drug-likeness (QED) is 0.346. The van der Waals surface area contributed by atoms with E-state index in [1.54, 1.807) is 0 Å². The molecule has 2 fully saturated rings. The van der Waals surface area contributed by atoms with Gasteiger partial charge in [0, 0.05) is 0 Å². The Labute approximate surface area is 166 Å². The Hall–Kier alpha value is 0.540. The van der Waals surface area contributed by atoms with Gasteiger partial charge in [0.1, 0.15) is 0 Å². The predicted octanol–water partition coefficient (Wildman–Crippen LogP) is 7.94. The zero-order valence-electron chi connectivity index (χ0n) is 17.5. The number of hydrogen-bond donors (Lipinski definition) is 0. The fraction of sp³-hybridized carbons (Fsp3) is 0.864. The second-order valence-electron chi connectivity index (χ2n) is 7.70. The zero-order valence-corrected chi connectivity index (χ0v) is 20.7.